The second-order valence-corrected chi connectivity index (χ2v) is 13.6. The van der Waals surface area contributed by atoms with Crippen molar-refractivity contribution in [3.8, 4) is 0 Å². The van der Waals surface area contributed by atoms with Crippen LogP contribution < -0.4 is 5.32 Å². The van der Waals surface area contributed by atoms with E-state index in [0.717, 1.165) is 38.5 Å². The number of nitrogens with one attached hydrogen (secondary N) is 1. The first-order valence-electron chi connectivity index (χ1n) is 16.6. The van der Waals surface area contributed by atoms with Crippen molar-refractivity contribution in [1.29, 1.82) is 0 Å². The number of nitrogens with zero attached hydrogens (tertiary/aromatic N) is 1. The fourth-order valence-electron chi connectivity index (χ4n) is 4.07. The smallest absolute Gasteiger partial charge is 0.387 e. The van der Waals surface area contributed by atoms with Crippen LogP contribution in [0, 0.1) is 0 Å². The molecule has 0 aliphatic heterocycles. The summed E-state index contributed by atoms with van der Waals surface area (Å²) in [5.74, 6) is -0.267. The van der Waals surface area contributed by atoms with Crippen LogP contribution >= 0.6 is 7.82 Å². The van der Waals surface area contributed by atoms with Gasteiger partial charge in [-0.15, -0.1) is 0 Å². The fourth-order valence-corrected chi connectivity index (χ4v) is 4.80. The van der Waals surface area contributed by atoms with Crippen LogP contribution in [0.5, 0.6) is 0 Å². The first-order chi connectivity index (χ1) is 21.0. The van der Waals surface area contributed by atoms with Crippen molar-refractivity contribution < 1.29 is 32.9 Å². The van der Waals surface area contributed by atoms with Crippen molar-refractivity contribution in [2.75, 3.05) is 40.9 Å². The highest BCUT2D eigenvalue weighted by atomic mass is 31.2. The van der Waals surface area contributed by atoms with E-state index in [9.17, 15) is 19.4 Å². The molecule has 0 heterocycles. The summed E-state index contributed by atoms with van der Waals surface area (Å²) in [6.07, 6.45) is 33.3. The number of phosphoric acid groups is 1. The highest BCUT2D eigenvalue weighted by Gasteiger charge is 2.27. The van der Waals surface area contributed by atoms with Crippen molar-refractivity contribution in [1.82, 2.24) is 5.32 Å². The Morgan fingerprint density at radius 1 is 0.818 bits per heavy atom. The Balaban J connectivity index is 4.76. The third-order valence-electron chi connectivity index (χ3n) is 6.80. The van der Waals surface area contributed by atoms with Crippen LogP contribution in [-0.4, -0.2) is 73.4 Å². The predicted molar refractivity (Wildman–Crippen MR) is 184 cm³/mol. The van der Waals surface area contributed by atoms with Crippen LogP contribution in [0.25, 0.3) is 0 Å². The number of hydrogen-bond donors (Lipinski definition) is 3. The molecule has 0 saturated heterocycles. The van der Waals surface area contributed by atoms with Gasteiger partial charge in [0.05, 0.1) is 39.9 Å². The van der Waals surface area contributed by atoms with E-state index in [0.29, 0.717) is 17.4 Å². The first-order valence-corrected chi connectivity index (χ1v) is 18.1. The zero-order valence-corrected chi connectivity index (χ0v) is 29.3. The zero-order valence-electron chi connectivity index (χ0n) is 28.4. The molecule has 0 saturated carbocycles. The van der Waals surface area contributed by atoms with Crippen LogP contribution in [0.3, 0.4) is 0 Å². The number of hydrogen-bond acceptors (Lipinski definition) is 5. The standard InChI is InChI=1S/C35H63N2O6P/c1-6-8-10-12-14-16-17-18-19-21-23-25-27-29-35(39)36-33(32-43-44(40,41)42-31-30-37(3,4)5)34(38)28-26-24-22-20-15-13-11-9-7-2/h7,9,15,18-20,23,25-26,28,33-34,38H,6,8,10-14,16-17,21-22,24,27,29-32H2,1-5H3,(H-,36,39,40,41)/p+1/b9-7+,19-18-,20-15+,25-23-,28-26+. The number of carbonyl (C=O) groups excluding carboxylic acids is 1. The van der Waals surface area contributed by atoms with Gasteiger partial charge in [-0.05, 0) is 58.3 Å². The van der Waals surface area contributed by atoms with E-state index in [1.165, 1.54) is 38.5 Å². The number of rotatable bonds is 28. The van der Waals surface area contributed by atoms with E-state index in [1.807, 2.05) is 52.4 Å². The Morgan fingerprint density at radius 2 is 1.41 bits per heavy atom. The van der Waals surface area contributed by atoms with Crippen LogP contribution in [0.2, 0.25) is 0 Å². The van der Waals surface area contributed by atoms with Gasteiger partial charge in [0, 0.05) is 6.42 Å². The summed E-state index contributed by atoms with van der Waals surface area (Å²) in [5, 5.41) is 13.5. The van der Waals surface area contributed by atoms with Gasteiger partial charge in [0.25, 0.3) is 0 Å². The minimum absolute atomic E-state index is 0.0412. The van der Waals surface area contributed by atoms with E-state index in [2.05, 4.69) is 42.6 Å². The van der Waals surface area contributed by atoms with Crippen LogP contribution in [-0.2, 0) is 18.4 Å². The highest BCUT2D eigenvalue weighted by Crippen LogP contribution is 2.43. The van der Waals surface area contributed by atoms with Crippen LogP contribution in [0.15, 0.2) is 60.8 Å². The van der Waals surface area contributed by atoms with Gasteiger partial charge in [0.15, 0.2) is 0 Å². The third-order valence-corrected chi connectivity index (χ3v) is 7.78. The van der Waals surface area contributed by atoms with Crippen LogP contribution in [0.4, 0.5) is 0 Å². The van der Waals surface area contributed by atoms with Gasteiger partial charge in [-0.1, -0.05) is 99.8 Å². The molecule has 0 bridgehead atoms. The number of allylic oxidation sites excluding steroid dienone is 9. The summed E-state index contributed by atoms with van der Waals surface area (Å²) >= 11 is 0. The molecule has 3 N–H and O–H groups in total. The lowest BCUT2D eigenvalue weighted by Crippen LogP contribution is -2.45. The van der Waals surface area contributed by atoms with E-state index in [-0.39, 0.29) is 25.5 Å². The van der Waals surface area contributed by atoms with Crippen molar-refractivity contribution in [2.45, 2.75) is 116 Å². The van der Waals surface area contributed by atoms with Crippen molar-refractivity contribution >= 4 is 13.7 Å². The molecule has 0 aliphatic carbocycles. The van der Waals surface area contributed by atoms with Gasteiger partial charge in [0.1, 0.15) is 13.2 Å². The largest absolute Gasteiger partial charge is 0.472 e. The Kier molecular flexibility index (Phi) is 26.4. The van der Waals surface area contributed by atoms with E-state index in [4.69, 9.17) is 9.05 Å². The molecule has 44 heavy (non-hydrogen) atoms. The molecule has 0 aliphatic rings. The maximum absolute atomic E-state index is 12.7. The number of carbonyl (C=O) groups is 1. The molecule has 0 radical (unpaired) electrons. The second-order valence-electron chi connectivity index (χ2n) is 12.2. The Labute approximate surface area is 269 Å². The monoisotopic (exact) mass is 639 g/mol. The lowest BCUT2D eigenvalue weighted by Gasteiger charge is -2.25. The summed E-state index contributed by atoms with van der Waals surface area (Å²) < 4.78 is 23.2. The normalized spacial score (nSPS) is 15.7. The van der Waals surface area contributed by atoms with Crippen molar-refractivity contribution in [3.63, 3.8) is 0 Å². The Bertz CT molecular complexity index is 907. The van der Waals surface area contributed by atoms with Gasteiger partial charge in [-0.25, -0.2) is 4.57 Å². The van der Waals surface area contributed by atoms with Crippen LogP contribution in [0.1, 0.15) is 104 Å². The maximum Gasteiger partial charge on any atom is 0.472 e. The maximum atomic E-state index is 12.7. The average Bonchev–Trinajstić information content (AvgIpc) is 2.95. The molecule has 3 unspecified atom stereocenters. The molecule has 0 fully saturated rings. The number of aliphatic hydroxyl groups excluding tert-OH is 1. The van der Waals surface area contributed by atoms with E-state index in [1.54, 1.807) is 6.08 Å². The minimum atomic E-state index is -4.35. The van der Waals surface area contributed by atoms with E-state index >= 15 is 0 Å². The highest BCUT2D eigenvalue weighted by molar-refractivity contribution is 7.47. The third kappa shape index (κ3) is 28.9. The van der Waals surface area contributed by atoms with Gasteiger partial charge in [0.2, 0.25) is 5.91 Å². The quantitative estimate of drug-likeness (QED) is 0.0347. The number of quaternary nitrogens is 1. The van der Waals surface area contributed by atoms with E-state index < -0.39 is 20.0 Å². The van der Waals surface area contributed by atoms with Gasteiger partial charge in [-0.3, -0.25) is 13.8 Å². The SMILES string of the molecule is C/C=C/CC/C=C/CC/C=C/C(O)C(COP(=O)(O)OCC[N+](C)(C)C)NC(=O)CC/C=C\C/C=C\CCCCCCCC. The topological polar surface area (TPSA) is 105 Å². The number of likely N-dealkylation sites (N-methyl/N-ethyl adjacent to an activating group) is 1. The van der Waals surface area contributed by atoms with Crippen molar-refractivity contribution in [2.24, 2.45) is 0 Å². The lowest BCUT2D eigenvalue weighted by molar-refractivity contribution is -0.870. The fraction of sp³-hybridized carbons (Fsp3) is 0.686. The predicted octanol–water partition coefficient (Wildman–Crippen LogP) is 7.95. The summed E-state index contributed by atoms with van der Waals surface area (Å²) in [6.45, 7) is 4.44. The van der Waals surface area contributed by atoms with Gasteiger partial charge in [-0.2, -0.15) is 0 Å². The molecule has 0 aromatic rings. The number of amides is 1. The molecule has 0 aromatic heterocycles. The molecule has 1 amide bonds. The molecular formula is C35H64N2O6P+. The molecule has 0 spiro atoms. The number of unbranched alkanes of at least 4 members (excludes halogenated alkanes) is 8. The average molecular weight is 640 g/mol. The molecule has 254 valence electrons. The van der Waals surface area contributed by atoms with Gasteiger partial charge >= 0.3 is 7.82 Å². The first kappa shape index (κ1) is 42.2. The molecule has 3 atom stereocenters. The summed E-state index contributed by atoms with van der Waals surface area (Å²) in [5.41, 5.74) is 0. The summed E-state index contributed by atoms with van der Waals surface area (Å²) in [4.78, 5) is 22.8. The molecule has 9 heteroatoms. The second kappa shape index (κ2) is 27.5. The minimum Gasteiger partial charge on any atom is -0.387 e. The molecule has 8 nitrogen and oxygen atoms in total. The van der Waals surface area contributed by atoms with Crippen molar-refractivity contribution in [3.05, 3.63) is 60.8 Å². The number of aliphatic hydroxyl groups is 1. The number of phosphoric ester groups is 1. The summed E-state index contributed by atoms with van der Waals surface area (Å²) in [6, 6.07) is -0.897. The summed E-state index contributed by atoms with van der Waals surface area (Å²) in [7, 11) is 1.50. The molecule has 0 aromatic carbocycles. The lowest BCUT2D eigenvalue weighted by atomic mass is 10.1. The van der Waals surface area contributed by atoms with Gasteiger partial charge < -0.3 is 19.8 Å². The molecule has 0 rings (SSSR count). The zero-order chi connectivity index (χ0) is 32.9. The Morgan fingerprint density at radius 3 is 2.07 bits per heavy atom. The Hall–Kier alpha value is -1.80. The molecular weight excluding hydrogens is 575 g/mol.